The van der Waals surface area contributed by atoms with Crippen LogP contribution in [0.1, 0.15) is 16.1 Å². The average Bonchev–Trinajstić information content (AvgIpc) is 3.16. The molecule has 0 saturated carbocycles. The van der Waals surface area contributed by atoms with E-state index in [1.54, 1.807) is 31.4 Å². The molecule has 2 atom stereocenters. The van der Waals surface area contributed by atoms with Gasteiger partial charge >= 0.3 is 0 Å². The van der Waals surface area contributed by atoms with Crippen LogP contribution in [0.25, 0.3) is 10.6 Å². The quantitative estimate of drug-likeness (QED) is 0.822. The van der Waals surface area contributed by atoms with Gasteiger partial charge in [-0.2, -0.15) is 0 Å². The summed E-state index contributed by atoms with van der Waals surface area (Å²) in [5.41, 5.74) is 0.839. The third kappa shape index (κ3) is 3.67. The third-order valence-corrected chi connectivity index (χ3v) is 5.62. The van der Waals surface area contributed by atoms with E-state index in [4.69, 9.17) is 9.47 Å². The minimum absolute atomic E-state index is 0.0623. The van der Waals surface area contributed by atoms with E-state index in [9.17, 15) is 15.0 Å². The highest BCUT2D eigenvalue weighted by atomic mass is 32.1. The number of ether oxygens (including phenoxy) is 2. The van der Waals surface area contributed by atoms with E-state index in [1.165, 1.54) is 11.3 Å². The number of carbonyl (C=O) groups excluding carboxylic acids is 1. The van der Waals surface area contributed by atoms with Crippen LogP contribution < -0.4 is 9.47 Å². The Morgan fingerprint density at radius 1 is 1.35 bits per heavy atom. The van der Waals surface area contributed by atoms with Crippen LogP contribution in [0.5, 0.6) is 11.5 Å². The largest absolute Gasteiger partial charge is 0.493 e. The van der Waals surface area contributed by atoms with Gasteiger partial charge in [0.05, 0.1) is 26.5 Å². The molecule has 3 rings (SSSR count). The zero-order valence-corrected chi connectivity index (χ0v) is 15.5. The monoisotopic (exact) mass is 378 g/mol. The molecule has 26 heavy (non-hydrogen) atoms. The molecule has 1 aliphatic heterocycles. The first-order valence-electron chi connectivity index (χ1n) is 8.33. The van der Waals surface area contributed by atoms with Crippen LogP contribution in [0.15, 0.2) is 24.4 Å². The van der Waals surface area contributed by atoms with Crippen molar-refractivity contribution in [2.24, 2.45) is 5.92 Å². The maximum atomic E-state index is 12.7. The molecular formula is C18H22N2O5S. The number of hydrogen-bond acceptors (Lipinski definition) is 7. The molecule has 8 heteroatoms. The fourth-order valence-electron chi connectivity index (χ4n) is 3.01. The number of methoxy groups -OCH3 is 2. The molecule has 1 amide bonds. The van der Waals surface area contributed by atoms with Crippen LogP contribution in [-0.2, 0) is 0 Å². The van der Waals surface area contributed by atoms with Crippen molar-refractivity contribution in [1.82, 2.24) is 9.88 Å². The van der Waals surface area contributed by atoms with Crippen LogP contribution in [0.4, 0.5) is 0 Å². The fourth-order valence-corrected chi connectivity index (χ4v) is 3.89. The minimum Gasteiger partial charge on any atom is -0.493 e. The average molecular weight is 378 g/mol. The lowest BCUT2D eigenvalue weighted by atomic mass is 9.95. The number of aliphatic hydroxyl groups is 2. The molecule has 0 radical (unpaired) electrons. The molecule has 1 aromatic carbocycles. The van der Waals surface area contributed by atoms with Gasteiger partial charge in [-0.25, -0.2) is 4.98 Å². The van der Waals surface area contributed by atoms with Crippen LogP contribution in [-0.4, -0.2) is 66.0 Å². The molecule has 2 N–H and O–H groups in total. The highest BCUT2D eigenvalue weighted by Crippen LogP contribution is 2.34. The number of aliphatic hydroxyl groups excluding tert-OH is 2. The molecule has 0 bridgehead atoms. The fraction of sp³-hybridized carbons (Fsp3) is 0.444. The predicted molar refractivity (Wildman–Crippen MR) is 97.8 cm³/mol. The van der Waals surface area contributed by atoms with E-state index in [0.717, 1.165) is 5.56 Å². The number of amides is 1. The highest BCUT2D eigenvalue weighted by Gasteiger charge is 2.30. The molecule has 0 aliphatic carbocycles. The lowest BCUT2D eigenvalue weighted by Gasteiger charge is -2.34. The van der Waals surface area contributed by atoms with Gasteiger partial charge < -0.3 is 24.6 Å². The van der Waals surface area contributed by atoms with Gasteiger partial charge in [0.2, 0.25) is 0 Å². The van der Waals surface area contributed by atoms with Gasteiger partial charge in [0, 0.05) is 31.2 Å². The number of likely N-dealkylation sites (tertiary alicyclic amines) is 1. The smallest absolute Gasteiger partial charge is 0.265 e. The van der Waals surface area contributed by atoms with Crippen molar-refractivity contribution in [3.05, 3.63) is 29.3 Å². The Labute approximate surface area is 155 Å². The minimum atomic E-state index is -0.698. The van der Waals surface area contributed by atoms with E-state index in [0.29, 0.717) is 34.3 Å². The summed E-state index contributed by atoms with van der Waals surface area (Å²) in [6.07, 6.45) is 1.45. The zero-order chi connectivity index (χ0) is 18.7. The Morgan fingerprint density at radius 2 is 2.12 bits per heavy atom. The molecule has 1 saturated heterocycles. The number of nitrogens with zero attached hydrogens (tertiary/aromatic N) is 2. The first-order chi connectivity index (χ1) is 12.6. The van der Waals surface area contributed by atoms with Crippen molar-refractivity contribution in [1.29, 1.82) is 0 Å². The number of hydrogen-bond donors (Lipinski definition) is 2. The Hall–Kier alpha value is -2.16. The second kappa shape index (κ2) is 8.03. The van der Waals surface area contributed by atoms with E-state index in [1.807, 2.05) is 12.1 Å². The number of carbonyl (C=O) groups is 1. The maximum Gasteiger partial charge on any atom is 0.265 e. The summed E-state index contributed by atoms with van der Waals surface area (Å²) in [5.74, 6) is 0.916. The van der Waals surface area contributed by atoms with Crippen molar-refractivity contribution in [2.45, 2.75) is 12.5 Å². The van der Waals surface area contributed by atoms with Gasteiger partial charge in [0.25, 0.3) is 5.91 Å². The summed E-state index contributed by atoms with van der Waals surface area (Å²) in [6, 6.07) is 5.49. The van der Waals surface area contributed by atoms with Crippen molar-refractivity contribution in [3.63, 3.8) is 0 Å². The molecule has 7 nitrogen and oxygen atoms in total. The maximum absolute atomic E-state index is 12.7. The SMILES string of the molecule is COc1ccc(-c2ncc(C(=O)N3CCC(CO)C(O)C3)s2)cc1OC. The van der Waals surface area contributed by atoms with Crippen LogP contribution in [0.2, 0.25) is 0 Å². The summed E-state index contributed by atoms with van der Waals surface area (Å²) in [7, 11) is 3.14. The summed E-state index contributed by atoms with van der Waals surface area (Å²) in [4.78, 5) is 19.2. The number of thiazole rings is 1. The van der Waals surface area contributed by atoms with E-state index in [-0.39, 0.29) is 25.0 Å². The normalized spacial score (nSPS) is 20.1. The third-order valence-electron chi connectivity index (χ3n) is 4.59. The molecule has 2 heterocycles. The molecule has 1 aromatic heterocycles. The topological polar surface area (TPSA) is 92.1 Å². The Kier molecular flexibility index (Phi) is 5.75. The summed E-state index contributed by atoms with van der Waals surface area (Å²) in [5, 5.41) is 20.0. The second-order valence-corrected chi connectivity index (χ2v) is 7.18. The Balaban J connectivity index is 1.76. The lowest BCUT2D eigenvalue weighted by Crippen LogP contribution is -2.47. The van der Waals surface area contributed by atoms with Crippen molar-refractivity contribution >= 4 is 17.2 Å². The molecule has 1 fully saturated rings. The van der Waals surface area contributed by atoms with Crippen molar-refractivity contribution < 1.29 is 24.5 Å². The van der Waals surface area contributed by atoms with Gasteiger partial charge in [-0.1, -0.05) is 0 Å². The second-order valence-electron chi connectivity index (χ2n) is 6.15. The van der Waals surface area contributed by atoms with Crippen molar-refractivity contribution in [3.8, 4) is 22.1 Å². The van der Waals surface area contributed by atoms with E-state index in [2.05, 4.69) is 4.98 Å². The molecule has 0 spiro atoms. The summed E-state index contributed by atoms with van der Waals surface area (Å²) in [6.45, 7) is 0.686. The standard InChI is InChI=1S/C18H22N2O5S/c1-24-14-4-3-11(7-15(14)25-2)17-19-8-16(26-17)18(23)20-6-5-12(10-21)13(22)9-20/h3-4,7-8,12-13,21-22H,5-6,9-10H2,1-2H3. The molecule has 1 aliphatic rings. The van der Waals surface area contributed by atoms with Gasteiger partial charge in [-0.05, 0) is 24.6 Å². The van der Waals surface area contributed by atoms with E-state index >= 15 is 0 Å². The van der Waals surface area contributed by atoms with E-state index < -0.39 is 6.10 Å². The molecular weight excluding hydrogens is 356 g/mol. The predicted octanol–water partition coefficient (Wildman–Crippen LogP) is 1.64. The molecule has 2 unspecified atom stereocenters. The van der Waals surface area contributed by atoms with Crippen LogP contribution in [0.3, 0.4) is 0 Å². The first-order valence-corrected chi connectivity index (χ1v) is 9.15. The highest BCUT2D eigenvalue weighted by molar-refractivity contribution is 7.16. The number of rotatable bonds is 5. The number of aromatic nitrogens is 1. The first kappa shape index (κ1) is 18.6. The molecule has 2 aromatic rings. The number of piperidine rings is 1. The van der Waals surface area contributed by atoms with Gasteiger partial charge in [0.1, 0.15) is 9.88 Å². The van der Waals surface area contributed by atoms with Crippen LogP contribution in [0, 0.1) is 5.92 Å². The number of benzene rings is 1. The number of β-amino-alcohol motifs (C(OH)–C–C–N with tert-alkyl or cyclic N) is 1. The summed E-state index contributed by atoms with van der Waals surface area (Å²) < 4.78 is 10.5. The Morgan fingerprint density at radius 3 is 2.77 bits per heavy atom. The zero-order valence-electron chi connectivity index (χ0n) is 14.7. The Bertz CT molecular complexity index is 779. The van der Waals surface area contributed by atoms with Gasteiger partial charge in [-0.3, -0.25) is 4.79 Å². The summed E-state index contributed by atoms with van der Waals surface area (Å²) >= 11 is 1.30. The molecule has 140 valence electrons. The van der Waals surface area contributed by atoms with Crippen molar-refractivity contribution in [2.75, 3.05) is 33.9 Å². The van der Waals surface area contributed by atoms with Crippen LogP contribution >= 0.6 is 11.3 Å². The lowest BCUT2D eigenvalue weighted by molar-refractivity contribution is 0.00105. The van der Waals surface area contributed by atoms with Gasteiger partial charge in [-0.15, -0.1) is 11.3 Å². The van der Waals surface area contributed by atoms with Gasteiger partial charge in [0.15, 0.2) is 11.5 Å².